The number of hydrogen-bond acceptors (Lipinski definition) is 2. The van der Waals surface area contributed by atoms with E-state index in [0.717, 1.165) is 18.8 Å². The van der Waals surface area contributed by atoms with Gasteiger partial charge in [-0.1, -0.05) is 56.2 Å². The van der Waals surface area contributed by atoms with Gasteiger partial charge >= 0.3 is 6.11 Å². The lowest BCUT2D eigenvalue weighted by Gasteiger charge is -2.34. The maximum Gasteiger partial charge on any atom is 0.405 e. The molecule has 0 saturated heterocycles. The summed E-state index contributed by atoms with van der Waals surface area (Å²) in [5.41, 5.74) is 2.08. The van der Waals surface area contributed by atoms with Gasteiger partial charge in [-0.2, -0.15) is 8.78 Å². The SMILES string of the molecule is CCCC1CCC(c2ccc(C3Cc4ccc(C(C)O)c(F)c4OC3(F)F)cc2)CC1. The maximum absolute atomic E-state index is 14.9. The van der Waals surface area contributed by atoms with Crippen LogP contribution in [-0.4, -0.2) is 11.2 Å². The van der Waals surface area contributed by atoms with Gasteiger partial charge in [0.05, 0.1) is 12.0 Å². The molecular formula is C26H31F3O2. The Morgan fingerprint density at radius 1 is 1.03 bits per heavy atom. The molecule has 0 aromatic heterocycles. The number of fused-ring (bicyclic) bond motifs is 1. The third-order valence-electron chi connectivity index (χ3n) is 7.08. The topological polar surface area (TPSA) is 29.5 Å². The molecule has 1 aliphatic heterocycles. The molecule has 0 amide bonds. The number of rotatable bonds is 5. The number of aliphatic hydroxyl groups excluding tert-OH is 1. The second-order valence-electron chi connectivity index (χ2n) is 9.23. The van der Waals surface area contributed by atoms with Crippen molar-refractivity contribution in [3.63, 3.8) is 0 Å². The lowest BCUT2D eigenvalue weighted by Crippen LogP contribution is -2.38. The highest BCUT2D eigenvalue weighted by Gasteiger charge is 2.48. The van der Waals surface area contributed by atoms with E-state index in [2.05, 4.69) is 6.92 Å². The van der Waals surface area contributed by atoms with Crippen LogP contribution in [0.1, 0.15) is 92.6 Å². The lowest BCUT2D eigenvalue weighted by atomic mass is 9.77. The summed E-state index contributed by atoms with van der Waals surface area (Å²) in [6, 6.07) is 10.5. The molecule has 2 nitrogen and oxygen atoms in total. The lowest BCUT2D eigenvalue weighted by molar-refractivity contribution is -0.203. The Labute approximate surface area is 182 Å². The number of halogens is 3. The van der Waals surface area contributed by atoms with Crippen molar-refractivity contribution in [3.8, 4) is 5.75 Å². The Morgan fingerprint density at radius 2 is 1.68 bits per heavy atom. The molecule has 2 aliphatic rings. The summed E-state index contributed by atoms with van der Waals surface area (Å²) < 4.78 is 49.2. The van der Waals surface area contributed by atoms with Crippen molar-refractivity contribution in [1.82, 2.24) is 0 Å². The number of aliphatic hydroxyl groups is 1. The highest BCUT2D eigenvalue weighted by molar-refractivity contribution is 5.44. The molecule has 2 atom stereocenters. The van der Waals surface area contributed by atoms with Gasteiger partial charge in [-0.15, -0.1) is 0 Å². The zero-order valence-electron chi connectivity index (χ0n) is 18.2. The molecule has 1 aliphatic carbocycles. The first kappa shape index (κ1) is 22.2. The minimum atomic E-state index is -3.52. The fourth-order valence-corrected chi connectivity index (χ4v) is 5.26. The van der Waals surface area contributed by atoms with Crippen LogP contribution in [0.25, 0.3) is 0 Å². The quantitative estimate of drug-likeness (QED) is 0.539. The molecule has 1 heterocycles. The van der Waals surface area contributed by atoms with E-state index in [1.807, 2.05) is 12.1 Å². The smallest absolute Gasteiger partial charge is 0.405 e. The van der Waals surface area contributed by atoms with Crippen molar-refractivity contribution in [2.45, 2.75) is 82.8 Å². The summed E-state index contributed by atoms with van der Waals surface area (Å²) in [4.78, 5) is 0. The summed E-state index contributed by atoms with van der Waals surface area (Å²) >= 11 is 0. The van der Waals surface area contributed by atoms with E-state index in [1.54, 1.807) is 18.2 Å². The molecule has 0 bridgehead atoms. The first-order valence-corrected chi connectivity index (χ1v) is 11.5. The van der Waals surface area contributed by atoms with Gasteiger partial charge in [0.25, 0.3) is 0 Å². The Bertz CT molecular complexity index is 900. The van der Waals surface area contributed by atoms with Crippen LogP contribution in [0.5, 0.6) is 5.75 Å². The van der Waals surface area contributed by atoms with Gasteiger partial charge in [0.1, 0.15) is 0 Å². The molecule has 1 N–H and O–H groups in total. The van der Waals surface area contributed by atoms with Crippen molar-refractivity contribution < 1.29 is 23.0 Å². The Hall–Kier alpha value is -2.01. The number of alkyl halides is 2. The van der Waals surface area contributed by atoms with E-state index in [1.165, 1.54) is 44.2 Å². The van der Waals surface area contributed by atoms with Gasteiger partial charge < -0.3 is 9.84 Å². The number of benzene rings is 2. The second kappa shape index (κ2) is 8.85. The summed E-state index contributed by atoms with van der Waals surface area (Å²) in [6.07, 6.45) is 2.70. The van der Waals surface area contributed by atoms with Crippen LogP contribution in [0, 0.1) is 11.7 Å². The summed E-state index contributed by atoms with van der Waals surface area (Å²) in [7, 11) is 0. The van der Waals surface area contributed by atoms with Gasteiger partial charge in [0.15, 0.2) is 11.6 Å². The zero-order chi connectivity index (χ0) is 22.2. The zero-order valence-corrected chi connectivity index (χ0v) is 18.2. The largest absolute Gasteiger partial charge is 0.429 e. The van der Waals surface area contributed by atoms with Crippen molar-refractivity contribution in [2.75, 3.05) is 0 Å². The van der Waals surface area contributed by atoms with Gasteiger partial charge in [0.2, 0.25) is 0 Å². The van der Waals surface area contributed by atoms with Crippen molar-refractivity contribution in [3.05, 3.63) is 64.5 Å². The first-order chi connectivity index (χ1) is 14.8. The molecular weight excluding hydrogens is 401 g/mol. The van der Waals surface area contributed by atoms with Gasteiger partial charge in [-0.05, 0) is 67.6 Å². The molecule has 168 valence electrons. The van der Waals surface area contributed by atoms with Crippen LogP contribution in [0.2, 0.25) is 0 Å². The van der Waals surface area contributed by atoms with E-state index >= 15 is 0 Å². The van der Waals surface area contributed by atoms with Gasteiger partial charge in [0, 0.05) is 5.56 Å². The summed E-state index contributed by atoms with van der Waals surface area (Å²) in [5.74, 6) is -1.20. The number of hydrogen-bond donors (Lipinski definition) is 1. The van der Waals surface area contributed by atoms with Crippen molar-refractivity contribution >= 4 is 0 Å². The Kier molecular flexibility index (Phi) is 6.34. The molecule has 4 rings (SSSR count). The van der Waals surface area contributed by atoms with Crippen LogP contribution >= 0.6 is 0 Å². The molecule has 1 saturated carbocycles. The van der Waals surface area contributed by atoms with Crippen LogP contribution in [-0.2, 0) is 6.42 Å². The standard InChI is InChI=1S/C26H31F3O2/c1-3-4-17-5-7-18(8-6-17)19-9-11-20(12-10-19)23-15-21-13-14-22(16(2)30)24(27)25(21)31-26(23,28)29/h9-14,16-18,23,30H,3-8,15H2,1-2H3. The van der Waals surface area contributed by atoms with E-state index in [0.29, 0.717) is 17.0 Å². The van der Waals surface area contributed by atoms with E-state index in [4.69, 9.17) is 4.74 Å². The average molecular weight is 433 g/mol. The van der Waals surface area contributed by atoms with Gasteiger partial charge in [-0.25, -0.2) is 4.39 Å². The summed E-state index contributed by atoms with van der Waals surface area (Å²) in [6.45, 7) is 3.63. The predicted octanol–water partition coefficient (Wildman–Crippen LogP) is 7.26. The maximum atomic E-state index is 14.9. The minimum absolute atomic E-state index is 0.0131. The highest BCUT2D eigenvalue weighted by Crippen LogP contribution is 2.47. The third-order valence-corrected chi connectivity index (χ3v) is 7.08. The molecule has 2 unspecified atom stereocenters. The van der Waals surface area contributed by atoms with Crippen LogP contribution in [0.15, 0.2) is 36.4 Å². The monoisotopic (exact) mass is 432 g/mol. The van der Waals surface area contributed by atoms with Crippen molar-refractivity contribution in [1.29, 1.82) is 0 Å². The molecule has 2 aromatic rings. The minimum Gasteiger partial charge on any atom is -0.429 e. The molecule has 5 heteroatoms. The number of ether oxygens (including phenoxy) is 1. The second-order valence-corrected chi connectivity index (χ2v) is 9.23. The molecule has 1 fully saturated rings. The van der Waals surface area contributed by atoms with Gasteiger partial charge in [-0.3, -0.25) is 0 Å². The Balaban J connectivity index is 1.52. The molecule has 31 heavy (non-hydrogen) atoms. The fraction of sp³-hybridized carbons (Fsp3) is 0.538. The van der Waals surface area contributed by atoms with E-state index < -0.39 is 29.7 Å². The third kappa shape index (κ3) is 4.48. The molecule has 2 aromatic carbocycles. The van der Waals surface area contributed by atoms with E-state index in [9.17, 15) is 18.3 Å². The fourth-order valence-electron chi connectivity index (χ4n) is 5.26. The van der Waals surface area contributed by atoms with Crippen LogP contribution < -0.4 is 4.74 Å². The van der Waals surface area contributed by atoms with Crippen molar-refractivity contribution in [2.24, 2.45) is 5.92 Å². The normalized spacial score (nSPS) is 26.1. The first-order valence-electron chi connectivity index (χ1n) is 11.5. The highest BCUT2D eigenvalue weighted by atomic mass is 19.3. The van der Waals surface area contributed by atoms with Crippen LogP contribution in [0.3, 0.4) is 0 Å². The summed E-state index contributed by atoms with van der Waals surface area (Å²) in [5, 5.41) is 9.66. The average Bonchev–Trinajstić information content (AvgIpc) is 2.74. The van der Waals surface area contributed by atoms with Crippen LogP contribution in [0.4, 0.5) is 13.2 Å². The Morgan fingerprint density at radius 3 is 2.29 bits per heavy atom. The van der Waals surface area contributed by atoms with E-state index in [-0.39, 0.29) is 12.0 Å². The molecule has 0 spiro atoms. The predicted molar refractivity (Wildman–Crippen MR) is 115 cm³/mol. The molecule has 0 radical (unpaired) electrons.